The van der Waals surface area contributed by atoms with Crippen molar-refractivity contribution in [2.75, 3.05) is 36.4 Å². The summed E-state index contributed by atoms with van der Waals surface area (Å²) in [7, 11) is 0. The van der Waals surface area contributed by atoms with E-state index >= 15 is 0 Å². The van der Waals surface area contributed by atoms with Crippen molar-refractivity contribution >= 4 is 23.3 Å². The van der Waals surface area contributed by atoms with Crippen LogP contribution in [0.1, 0.15) is 32.3 Å². The molecule has 2 saturated heterocycles. The van der Waals surface area contributed by atoms with Gasteiger partial charge in [-0.1, -0.05) is 0 Å². The first-order valence-corrected chi connectivity index (χ1v) is 9.25. The summed E-state index contributed by atoms with van der Waals surface area (Å²) in [6, 6.07) is 6.59. The monoisotopic (exact) mass is 342 g/mol. The molecule has 2 atom stereocenters. The minimum Gasteiger partial charge on any atom is -0.319 e. The van der Waals surface area contributed by atoms with Gasteiger partial charge < -0.3 is 15.1 Å². The van der Waals surface area contributed by atoms with Crippen LogP contribution in [0.4, 0.5) is 16.2 Å². The molecule has 6 heteroatoms. The van der Waals surface area contributed by atoms with Gasteiger partial charge in [0.2, 0.25) is 5.91 Å². The average molecular weight is 342 g/mol. The number of hydrogen-bond acceptors (Lipinski definition) is 3. The molecule has 3 aliphatic heterocycles. The van der Waals surface area contributed by atoms with Crippen molar-refractivity contribution < 1.29 is 9.59 Å². The predicted molar refractivity (Wildman–Crippen MR) is 98.0 cm³/mol. The topological polar surface area (TPSA) is 55.9 Å². The molecule has 1 N–H and O–H groups in total. The fourth-order valence-electron chi connectivity index (χ4n) is 4.47. The van der Waals surface area contributed by atoms with Gasteiger partial charge in [0.25, 0.3) is 0 Å². The lowest BCUT2D eigenvalue weighted by Crippen LogP contribution is -2.57. The van der Waals surface area contributed by atoms with Crippen LogP contribution in [0.3, 0.4) is 0 Å². The van der Waals surface area contributed by atoms with Gasteiger partial charge in [-0.2, -0.15) is 0 Å². The molecule has 0 aromatic heterocycles. The number of nitrogens with one attached hydrogen (secondary N) is 1. The second kappa shape index (κ2) is 6.33. The molecular weight excluding hydrogens is 316 g/mol. The van der Waals surface area contributed by atoms with Crippen molar-refractivity contribution in [2.45, 2.75) is 45.2 Å². The van der Waals surface area contributed by atoms with Gasteiger partial charge >= 0.3 is 6.03 Å². The van der Waals surface area contributed by atoms with Gasteiger partial charge in [0.15, 0.2) is 0 Å². The number of rotatable bonds is 1. The first-order chi connectivity index (χ1) is 12.0. The van der Waals surface area contributed by atoms with Gasteiger partial charge in [-0.3, -0.25) is 9.69 Å². The van der Waals surface area contributed by atoms with Crippen molar-refractivity contribution in [3.8, 4) is 0 Å². The molecular formula is C19H26N4O2. The van der Waals surface area contributed by atoms with E-state index in [2.05, 4.69) is 17.1 Å². The Balaban J connectivity index is 1.45. The first kappa shape index (κ1) is 16.4. The van der Waals surface area contributed by atoms with Crippen molar-refractivity contribution in [3.63, 3.8) is 0 Å². The molecule has 0 unspecified atom stereocenters. The van der Waals surface area contributed by atoms with Crippen molar-refractivity contribution in [3.05, 3.63) is 23.8 Å². The summed E-state index contributed by atoms with van der Waals surface area (Å²) >= 11 is 0. The van der Waals surface area contributed by atoms with Crippen molar-refractivity contribution in [1.82, 2.24) is 9.80 Å². The summed E-state index contributed by atoms with van der Waals surface area (Å²) < 4.78 is 0. The zero-order valence-electron chi connectivity index (χ0n) is 15.0. The molecule has 6 nitrogen and oxygen atoms in total. The molecule has 0 saturated carbocycles. The first-order valence-electron chi connectivity index (χ1n) is 9.25. The Hall–Kier alpha value is -2.08. The highest BCUT2D eigenvalue weighted by Gasteiger charge is 2.36. The lowest BCUT2D eigenvalue weighted by atomic mass is 10.1. The van der Waals surface area contributed by atoms with E-state index in [-0.39, 0.29) is 18.0 Å². The van der Waals surface area contributed by atoms with E-state index in [1.807, 2.05) is 23.1 Å². The SMILES string of the molecule is CC(=O)N1CCc2cc(NC(=O)N3C[C@@H]4CCCN4C[C@H]3C)ccc21. The van der Waals surface area contributed by atoms with E-state index in [9.17, 15) is 9.59 Å². The number of urea groups is 1. The lowest BCUT2D eigenvalue weighted by Gasteiger charge is -2.42. The fourth-order valence-corrected chi connectivity index (χ4v) is 4.47. The molecule has 3 heterocycles. The largest absolute Gasteiger partial charge is 0.322 e. The van der Waals surface area contributed by atoms with Crippen LogP contribution < -0.4 is 10.2 Å². The fraction of sp³-hybridized carbons (Fsp3) is 0.579. The number of carbonyl (C=O) groups is 2. The Morgan fingerprint density at radius 2 is 2.04 bits per heavy atom. The highest BCUT2D eigenvalue weighted by molar-refractivity contribution is 5.95. The Labute approximate surface area is 148 Å². The zero-order chi connectivity index (χ0) is 17.6. The van der Waals surface area contributed by atoms with Crippen LogP contribution in [0.2, 0.25) is 0 Å². The second-order valence-corrected chi connectivity index (χ2v) is 7.49. The van der Waals surface area contributed by atoms with E-state index in [0.717, 1.165) is 43.0 Å². The quantitative estimate of drug-likeness (QED) is 0.852. The Kier molecular flexibility index (Phi) is 4.15. The minimum atomic E-state index is -0.0135. The molecule has 3 aliphatic rings. The number of anilines is 2. The van der Waals surface area contributed by atoms with Gasteiger partial charge in [0.05, 0.1) is 0 Å². The molecule has 0 aliphatic carbocycles. The molecule has 1 aromatic rings. The van der Waals surface area contributed by atoms with Gasteiger partial charge in [0.1, 0.15) is 0 Å². The third kappa shape index (κ3) is 2.99. The molecule has 0 radical (unpaired) electrons. The molecule has 1 aromatic carbocycles. The van der Waals surface area contributed by atoms with Gasteiger partial charge in [0, 0.05) is 50.0 Å². The summed E-state index contributed by atoms with van der Waals surface area (Å²) in [5, 5.41) is 3.06. The van der Waals surface area contributed by atoms with Crippen molar-refractivity contribution in [2.24, 2.45) is 0 Å². The maximum atomic E-state index is 12.8. The smallest absolute Gasteiger partial charge is 0.319 e. The van der Waals surface area contributed by atoms with Crippen LogP contribution >= 0.6 is 0 Å². The lowest BCUT2D eigenvalue weighted by molar-refractivity contribution is -0.116. The number of hydrogen-bond donors (Lipinski definition) is 1. The number of nitrogens with zero attached hydrogens (tertiary/aromatic N) is 3. The third-order valence-corrected chi connectivity index (χ3v) is 5.80. The summed E-state index contributed by atoms with van der Waals surface area (Å²) in [5.41, 5.74) is 2.91. The molecule has 0 bridgehead atoms. The molecule has 2 fully saturated rings. The van der Waals surface area contributed by atoms with E-state index in [4.69, 9.17) is 0 Å². The molecule has 4 rings (SSSR count). The number of carbonyl (C=O) groups excluding carboxylic acids is 2. The molecule has 0 spiro atoms. The zero-order valence-corrected chi connectivity index (χ0v) is 15.0. The van der Waals surface area contributed by atoms with E-state index in [1.165, 1.54) is 19.4 Å². The highest BCUT2D eigenvalue weighted by atomic mass is 16.2. The summed E-state index contributed by atoms with van der Waals surface area (Å²) in [6.07, 6.45) is 3.27. The Bertz CT molecular complexity index is 705. The number of fused-ring (bicyclic) bond motifs is 2. The third-order valence-electron chi connectivity index (χ3n) is 5.80. The van der Waals surface area contributed by atoms with Crippen LogP contribution in [0.15, 0.2) is 18.2 Å². The highest BCUT2D eigenvalue weighted by Crippen LogP contribution is 2.31. The molecule has 25 heavy (non-hydrogen) atoms. The van der Waals surface area contributed by atoms with Crippen LogP contribution in [0.25, 0.3) is 0 Å². The minimum absolute atomic E-state index is 0.0135. The van der Waals surface area contributed by atoms with Gasteiger partial charge in [-0.15, -0.1) is 0 Å². The predicted octanol–water partition coefficient (Wildman–Crippen LogP) is 2.30. The van der Waals surface area contributed by atoms with Crippen LogP contribution in [-0.2, 0) is 11.2 Å². The van der Waals surface area contributed by atoms with E-state index in [0.29, 0.717) is 6.04 Å². The van der Waals surface area contributed by atoms with Crippen LogP contribution in [0.5, 0.6) is 0 Å². The maximum absolute atomic E-state index is 12.8. The van der Waals surface area contributed by atoms with Gasteiger partial charge in [-0.25, -0.2) is 4.79 Å². The number of benzene rings is 1. The normalized spacial score (nSPS) is 25.7. The summed E-state index contributed by atoms with van der Waals surface area (Å²) in [5.74, 6) is 0.0683. The maximum Gasteiger partial charge on any atom is 0.322 e. The summed E-state index contributed by atoms with van der Waals surface area (Å²) in [4.78, 5) is 30.7. The Morgan fingerprint density at radius 1 is 1.20 bits per heavy atom. The van der Waals surface area contributed by atoms with E-state index < -0.39 is 0 Å². The standard InChI is InChI=1S/C19H26N4O2/c1-13-11-21-8-3-4-17(21)12-23(13)19(25)20-16-5-6-18-15(10-16)7-9-22(18)14(2)24/h5-6,10,13,17H,3-4,7-9,11-12H2,1-2H3,(H,20,25)/t13-,17+/m1/s1. The summed E-state index contributed by atoms with van der Waals surface area (Å²) in [6.45, 7) is 7.40. The van der Waals surface area contributed by atoms with Crippen LogP contribution in [-0.4, -0.2) is 60.0 Å². The second-order valence-electron chi connectivity index (χ2n) is 7.49. The molecule has 3 amide bonds. The number of piperazine rings is 1. The van der Waals surface area contributed by atoms with E-state index in [1.54, 1.807) is 11.8 Å². The average Bonchev–Trinajstić information content (AvgIpc) is 3.19. The molecule has 134 valence electrons. The number of amides is 3. The van der Waals surface area contributed by atoms with Gasteiger partial charge in [-0.05, 0) is 56.5 Å². The van der Waals surface area contributed by atoms with Crippen LogP contribution in [0, 0.1) is 0 Å². The Morgan fingerprint density at radius 3 is 2.84 bits per heavy atom. The van der Waals surface area contributed by atoms with Crippen molar-refractivity contribution in [1.29, 1.82) is 0 Å².